The van der Waals surface area contributed by atoms with Crippen LogP contribution in [0, 0.1) is 5.92 Å². The van der Waals surface area contributed by atoms with Crippen LogP contribution in [0.5, 0.6) is 0 Å². The number of halogens is 1. The maximum atomic E-state index is 12.1. The number of thiazole rings is 1. The lowest BCUT2D eigenvalue weighted by Crippen LogP contribution is -2.34. The molecule has 0 aromatic carbocycles. The first-order chi connectivity index (χ1) is 10.1. The molecule has 0 aliphatic carbocycles. The van der Waals surface area contributed by atoms with Crippen molar-refractivity contribution >= 4 is 29.7 Å². The molecule has 2 aromatic rings. The summed E-state index contributed by atoms with van der Waals surface area (Å²) in [7, 11) is 1.84. The molecule has 2 aromatic heterocycles. The van der Waals surface area contributed by atoms with Crippen molar-refractivity contribution in [2.24, 2.45) is 13.0 Å². The van der Waals surface area contributed by atoms with E-state index in [1.54, 1.807) is 16.3 Å². The van der Waals surface area contributed by atoms with Crippen molar-refractivity contribution in [3.05, 3.63) is 23.5 Å². The van der Waals surface area contributed by atoms with Gasteiger partial charge in [-0.25, -0.2) is 4.98 Å². The number of carbonyl (C=O) groups is 1. The highest BCUT2D eigenvalue weighted by Crippen LogP contribution is 2.22. The Balaban J connectivity index is 0.00000176. The molecule has 9 heteroatoms. The van der Waals surface area contributed by atoms with Crippen molar-refractivity contribution in [2.45, 2.75) is 6.10 Å². The van der Waals surface area contributed by atoms with Gasteiger partial charge in [-0.15, -0.1) is 23.7 Å². The maximum absolute atomic E-state index is 12.1. The van der Waals surface area contributed by atoms with Gasteiger partial charge in [-0.05, 0) is 0 Å². The number of carbonyl (C=O) groups excluding carboxylic acids is 1. The van der Waals surface area contributed by atoms with E-state index in [0.717, 1.165) is 17.1 Å². The maximum Gasteiger partial charge on any atom is 0.270 e. The topological polar surface area (TPSA) is 92.1 Å². The molecule has 7 nitrogen and oxygen atoms in total. The molecule has 120 valence electrons. The van der Waals surface area contributed by atoms with Gasteiger partial charge in [0, 0.05) is 49.7 Å². The van der Waals surface area contributed by atoms with Gasteiger partial charge in [0.1, 0.15) is 10.7 Å². The van der Waals surface area contributed by atoms with E-state index in [4.69, 9.17) is 0 Å². The monoisotopic (exact) mass is 343 g/mol. The van der Waals surface area contributed by atoms with Gasteiger partial charge in [-0.1, -0.05) is 0 Å². The summed E-state index contributed by atoms with van der Waals surface area (Å²) >= 11 is 1.42. The predicted octanol–water partition coefficient (Wildman–Crippen LogP) is 0.275. The Morgan fingerprint density at radius 2 is 2.41 bits per heavy atom. The third-order valence-electron chi connectivity index (χ3n) is 3.52. The summed E-state index contributed by atoms with van der Waals surface area (Å²) < 4.78 is 1.70. The molecule has 1 aliphatic rings. The normalized spacial score (nSPS) is 20.6. The number of rotatable bonds is 4. The molecule has 2 atom stereocenters. The minimum Gasteiger partial charge on any atom is -0.391 e. The number of nitrogens with zero attached hydrogens (tertiary/aromatic N) is 3. The SMILES string of the molecule is Cl.Cn1cc(-c2nc(C(=O)NCC3CNCC3O)cs2)cn1. The molecule has 1 saturated heterocycles. The van der Waals surface area contributed by atoms with Crippen LogP contribution in [0.1, 0.15) is 10.5 Å². The van der Waals surface area contributed by atoms with Crippen LogP contribution in [0.4, 0.5) is 0 Å². The van der Waals surface area contributed by atoms with Crippen LogP contribution in [-0.4, -0.2) is 51.5 Å². The first-order valence-electron chi connectivity index (χ1n) is 6.75. The van der Waals surface area contributed by atoms with Crippen molar-refractivity contribution in [2.75, 3.05) is 19.6 Å². The van der Waals surface area contributed by atoms with Crippen LogP contribution in [0.15, 0.2) is 17.8 Å². The van der Waals surface area contributed by atoms with Gasteiger partial charge in [-0.2, -0.15) is 5.10 Å². The number of hydrogen-bond acceptors (Lipinski definition) is 6. The molecule has 3 heterocycles. The Labute approximate surface area is 138 Å². The number of aliphatic hydroxyl groups excluding tert-OH is 1. The van der Waals surface area contributed by atoms with Crippen molar-refractivity contribution < 1.29 is 9.90 Å². The summed E-state index contributed by atoms with van der Waals surface area (Å²) in [6.07, 6.45) is 3.19. The fourth-order valence-corrected chi connectivity index (χ4v) is 3.06. The fourth-order valence-electron chi connectivity index (χ4n) is 2.28. The summed E-state index contributed by atoms with van der Waals surface area (Å²) in [5.41, 5.74) is 1.30. The van der Waals surface area contributed by atoms with Gasteiger partial charge in [-0.3, -0.25) is 9.48 Å². The highest BCUT2D eigenvalue weighted by atomic mass is 35.5. The Morgan fingerprint density at radius 3 is 3.05 bits per heavy atom. The van der Waals surface area contributed by atoms with Gasteiger partial charge in [0.2, 0.25) is 0 Å². The molecule has 0 radical (unpaired) electrons. The third kappa shape index (κ3) is 3.64. The molecule has 1 amide bonds. The molecular formula is C13H18ClN5O2S. The molecule has 22 heavy (non-hydrogen) atoms. The van der Waals surface area contributed by atoms with Gasteiger partial charge >= 0.3 is 0 Å². The highest BCUT2D eigenvalue weighted by molar-refractivity contribution is 7.13. The second-order valence-electron chi connectivity index (χ2n) is 5.14. The third-order valence-corrected chi connectivity index (χ3v) is 4.41. The zero-order chi connectivity index (χ0) is 14.8. The van der Waals surface area contributed by atoms with E-state index >= 15 is 0 Å². The molecule has 3 rings (SSSR count). The Kier molecular flexibility index (Phi) is 5.52. The van der Waals surface area contributed by atoms with Gasteiger partial charge in [0.25, 0.3) is 5.91 Å². The van der Waals surface area contributed by atoms with E-state index in [0.29, 0.717) is 18.8 Å². The zero-order valence-corrected chi connectivity index (χ0v) is 13.7. The molecule has 1 fully saturated rings. The van der Waals surface area contributed by atoms with Crippen LogP contribution in [0.25, 0.3) is 10.6 Å². The van der Waals surface area contributed by atoms with E-state index in [9.17, 15) is 9.90 Å². The van der Waals surface area contributed by atoms with Gasteiger partial charge < -0.3 is 15.7 Å². The van der Waals surface area contributed by atoms with Crippen molar-refractivity contribution in [1.29, 1.82) is 0 Å². The number of β-amino-alcohol motifs (C(OH)–C–C–N with tert-alkyl or cyclic N) is 1. The molecule has 0 bridgehead atoms. The fraction of sp³-hybridized carbons (Fsp3) is 0.462. The highest BCUT2D eigenvalue weighted by Gasteiger charge is 2.25. The second-order valence-corrected chi connectivity index (χ2v) is 5.99. The number of aliphatic hydroxyl groups is 1. The number of amides is 1. The van der Waals surface area contributed by atoms with Crippen molar-refractivity contribution in [1.82, 2.24) is 25.4 Å². The van der Waals surface area contributed by atoms with Crippen LogP contribution < -0.4 is 10.6 Å². The van der Waals surface area contributed by atoms with Gasteiger partial charge in [0.15, 0.2) is 0 Å². The second kappa shape index (κ2) is 7.19. The van der Waals surface area contributed by atoms with Crippen LogP contribution in [0.2, 0.25) is 0 Å². The minimum atomic E-state index is -0.397. The molecule has 2 unspecified atom stereocenters. The first kappa shape index (κ1) is 16.9. The number of hydrogen-bond donors (Lipinski definition) is 3. The average Bonchev–Trinajstić information content (AvgIpc) is 3.16. The minimum absolute atomic E-state index is 0. The number of nitrogens with one attached hydrogen (secondary N) is 2. The van der Waals surface area contributed by atoms with E-state index in [2.05, 4.69) is 20.7 Å². The van der Waals surface area contributed by atoms with E-state index < -0.39 is 6.10 Å². The Morgan fingerprint density at radius 1 is 1.59 bits per heavy atom. The lowest BCUT2D eigenvalue weighted by atomic mass is 10.1. The zero-order valence-electron chi connectivity index (χ0n) is 12.0. The lowest BCUT2D eigenvalue weighted by molar-refractivity contribution is 0.0923. The largest absolute Gasteiger partial charge is 0.391 e. The predicted molar refractivity (Wildman–Crippen MR) is 86.3 cm³/mol. The average molecular weight is 344 g/mol. The molecule has 3 N–H and O–H groups in total. The van der Waals surface area contributed by atoms with Crippen LogP contribution in [-0.2, 0) is 7.05 Å². The Hall–Kier alpha value is -1.48. The van der Waals surface area contributed by atoms with Crippen molar-refractivity contribution in [3.63, 3.8) is 0 Å². The summed E-state index contributed by atoms with van der Waals surface area (Å²) in [4.78, 5) is 16.4. The first-order valence-corrected chi connectivity index (χ1v) is 7.63. The van der Waals surface area contributed by atoms with E-state index in [1.807, 2.05) is 13.2 Å². The van der Waals surface area contributed by atoms with Crippen LogP contribution in [0.3, 0.4) is 0 Å². The van der Waals surface area contributed by atoms with E-state index in [1.165, 1.54) is 11.3 Å². The smallest absolute Gasteiger partial charge is 0.270 e. The molecule has 0 spiro atoms. The van der Waals surface area contributed by atoms with E-state index in [-0.39, 0.29) is 24.2 Å². The summed E-state index contributed by atoms with van der Waals surface area (Å²) in [5.74, 6) is -0.147. The lowest BCUT2D eigenvalue weighted by Gasteiger charge is -2.13. The Bertz CT molecular complexity index is 644. The molecular weight excluding hydrogens is 326 g/mol. The molecule has 1 aliphatic heterocycles. The summed E-state index contributed by atoms with van der Waals surface area (Å²) in [5, 5.41) is 22.2. The van der Waals surface area contributed by atoms with Crippen LogP contribution >= 0.6 is 23.7 Å². The number of aromatic nitrogens is 3. The quantitative estimate of drug-likeness (QED) is 0.741. The number of aryl methyl sites for hydroxylation is 1. The van der Waals surface area contributed by atoms with Crippen molar-refractivity contribution in [3.8, 4) is 10.6 Å². The standard InChI is InChI=1S/C13H17N5O2S.ClH/c1-18-6-9(4-16-18)13-17-10(7-21-13)12(20)15-3-8-2-14-5-11(8)19;/h4,6-8,11,14,19H,2-3,5H2,1H3,(H,15,20);1H. The molecule has 0 saturated carbocycles. The summed E-state index contributed by atoms with van der Waals surface area (Å²) in [6, 6.07) is 0. The summed E-state index contributed by atoms with van der Waals surface area (Å²) in [6.45, 7) is 1.76. The van der Waals surface area contributed by atoms with Gasteiger partial charge in [0.05, 0.1) is 12.3 Å².